The van der Waals surface area contributed by atoms with Crippen molar-refractivity contribution in [1.29, 1.82) is 0 Å². The van der Waals surface area contributed by atoms with Crippen LogP contribution in [0.25, 0.3) is 0 Å². The lowest BCUT2D eigenvalue weighted by Gasteiger charge is -2.44. The van der Waals surface area contributed by atoms with E-state index in [9.17, 15) is 0 Å². The predicted octanol–water partition coefficient (Wildman–Crippen LogP) is 4.19. The van der Waals surface area contributed by atoms with Crippen LogP contribution in [0.4, 0.5) is 0 Å². The van der Waals surface area contributed by atoms with Gasteiger partial charge in [0.2, 0.25) is 0 Å². The Hall–Kier alpha value is -0.890. The average molecular weight is 272 g/mol. The lowest BCUT2D eigenvalue weighted by atomic mass is 9.65. The molecule has 0 aromatic carbocycles. The minimum absolute atomic E-state index is 0.00770. The molecule has 0 amide bonds. The lowest BCUT2D eigenvalue weighted by molar-refractivity contribution is 0.180. The van der Waals surface area contributed by atoms with Gasteiger partial charge in [-0.15, -0.1) is 0 Å². The monoisotopic (exact) mass is 272 g/mol. The van der Waals surface area contributed by atoms with E-state index in [0.29, 0.717) is 5.92 Å². The maximum Gasteiger partial charge on any atom is 0.0484 e. The molecule has 1 unspecified atom stereocenters. The first-order valence-corrected chi connectivity index (χ1v) is 8.45. The average Bonchev–Trinajstić information content (AvgIpc) is 2.49. The number of hydrogen-bond donors (Lipinski definition) is 1. The number of hydrogen-bond acceptors (Lipinski definition) is 2. The van der Waals surface area contributed by atoms with Gasteiger partial charge in [-0.25, -0.2) is 0 Å². The summed E-state index contributed by atoms with van der Waals surface area (Å²) in [6, 6.07) is 4.32. The van der Waals surface area contributed by atoms with E-state index in [4.69, 9.17) is 10.7 Å². The highest BCUT2D eigenvalue weighted by molar-refractivity contribution is 5.29. The van der Waals surface area contributed by atoms with Gasteiger partial charge in [0.1, 0.15) is 0 Å². The Morgan fingerprint density at radius 3 is 2.85 bits per heavy atom. The van der Waals surface area contributed by atoms with Crippen molar-refractivity contribution in [2.75, 3.05) is 0 Å². The van der Waals surface area contributed by atoms with E-state index >= 15 is 0 Å². The van der Waals surface area contributed by atoms with Crippen LogP contribution >= 0.6 is 0 Å². The summed E-state index contributed by atoms with van der Waals surface area (Å²) in [5.41, 5.74) is 9.64. The lowest BCUT2D eigenvalue weighted by Crippen LogP contribution is -2.49. The summed E-state index contributed by atoms with van der Waals surface area (Å²) in [7, 11) is 0. The second-order valence-electron chi connectivity index (χ2n) is 6.96. The Bertz CT molecular complexity index is 446. The number of nitrogens with zero attached hydrogens (tertiary/aromatic N) is 1. The van der Waals surface area contributed by atoms with Crippen LogP contribution in [-0.4, -0.2) is 10.5 Å². The van der Waals surface area contributed by atoms with E-state index < -0.39 is 0 Å². The molecule has 1 fully saturated rings. The normalized spacial score (nSPS) is 33.7. The van der Waals surface area contributed by atoms with Crippen molar-refractivity contribution in [2.24, 2.45) is 11.7 Å². The maximum atomic E-state index is 6.87. The fourth-order valence-corrected chi connectivity index (χ4v) is 4.43. The van der Waals surface area contributed by atoms with Crippen LogP contribution in [0.3, 0.4) is 0 Å². The molecule has 0 aliphatic heterocycles. The van der Waals surface area contributed by atoms with E-state index in [1.54, 1.807) is 0 Å². The SMILES string of the molecule is CCCC1CCC(N)(C2CCCc3cccnc32)CC1. The summed E-state index contributed by atoms with van der Waals surface area (Å²) in [4.78, 5) is 4.70. The Balaban J connectivity index is 1.77. The van der Waals surface area contributed by atoms with Crippen LogP contribution in [0.5, 0.6) is 0 Å². The van der Waals surface area contributed by atoms with Crippen molar-refractivity contribution in [3.05, 3.63) is 29.6 Å². The van der Waals surface area contributed by atoms with Crippen molar-refractivity contribution >= 4 is 0 Å². The summed E-state index contributed by atoms with van der Waals surface area (Å²) in [6.45, 7) is 2.30. The van der Waals surface area contributed by atoms with E-state index in [0.717, 1.165) is 5.92 Å². The smallest absolute Gasteiger partial charge is 0.0484 e. The zero-order valence-electron chi connectivity index (χ0n) is 12.8. The zero-order valence-corrected chi connectivity index (χ0v) is 12.8. The molecular formula is C18H28N2. The molecule has 1 aromatic heterocycles. The van der Waals surface area contributed by atoms with E-state index in [-0.39, 0.29) is 5.54 Å². The third-order valence-corrected chi connectivity index (χ3v) is 5.62. The van der Waals surface area contributed by atoms with Gasteiger partial charge in [0.15, 0.2) is 0 Å². The Kier molecular flexibility index (Phi) is 4.11. The molecule has 2 nitrogen and oxygen atoms in total. The van der Waals surface area contributed by atoms with E-state index in [1.807, 2.05) is 6.20 Å². The molecule has 0 saturated heterocycles. The first-order valence-electron chi connectivity index (χ1n) is 8.45. The number of fused-ring (bicyclic) bond motifs is 1. The molecule has 2 aliphatic rings. The first-order chi connectivity index (χ1) is 9.73. The highest BCUT2D eigenvalue weighted by Crippen LogP contribution is 2.45. The van der Waals surface area contributed by atoms with Crippen molar-refractivity contribution in [3.8, 4) is 0 Å². The number of aryl methyl sites for hydroxylation is 1. The molecule has 1 saturated carbocycles. The second kappa shape index (κ2) is 5.85. The Morgan fingerprint density at radius 1 is 1.30 bits per heavy atom. The highest BCUT2D eigenvalue weighted by Gasteiger charge is 2.41. The third-order valence-electron chi connectivity index (χ3n) is 5.62. The molecule has 0 radical (unpaired) electrons. The molecule has 1 atom stereocenters. The van der Waals surface area contributed by atoms with Gasteiger partial charge in [0.25, 0.3) is 0 Å². The Morgan fingerprint density at radius 2 is 2.10 bits per heavy atom. The minimum atomic E-state index is 0.00770. The summed E-state index contributed by atoms with van der Waals surface area (Å²) in [5, 5.41) is 0. The second-order valence-corrected chi connectivity index (χ2v) is 6.96. The molecule has 3 rings (SSSR count). The van der Waals surface area contributed by atoms with Crippen molar-refractivity contribution in [1.82, 2.24) is 4.98 Å². The molecule has 20 heavy (non-hydrogen) atoms. The van der Waals surface area contributed by atoms with Crippen LogP contribution in [0.15, 0.2) is 18.3 Å². The topological polar surface area (TPSA) is 38.9 Å². The third kappa shape index (κ3) is 2.63. The molecule has 1 heterocycles. The Labute approximate surface area is 123 Å². The van der Waals surface area contributed by atoms with E-state index in [2.05, 4.69) is 19.1 Å². The highest BCUT2D eigenvalue weighted by atomic mass is 14.8. The summed E-state index contributed by atoms with van der Waals surface area (Å²) in [5.74, 6) is 1.42. The van der Waals surface area contributed by atoms with Gasteiger partial charge in [-0.3, -0.25) is 4.98 Å². The van der Waals surface area contributed by atoms with Crippen molar-refractivity contribution < 1.29 is 0 Å². The minimum Gasteiger partial charge on any atom is -0.324 e. The molecule has 0 bridgehead atoms. The van der Waals surface area contributed by atoms with E-state index in [1.165, 1.54) is 69.0 Å². The van der Waals surface area contributed by atoms with Gasteiger partial charge >= 0.3 is 0 Å². The molecule has 0 spiro atoms. The van der Waals surface area contributed by atoms with Crippen LogP contribution in [0.1, 0.15) is 75.5 Å². The fraction of sp³-hybridized carbons (Fsp3) is 0.722. The van der Waals surface area contributed by atoms with Gasteiger partial charge in [-0.1, -0.05) is 25.8 Å². The summed E-state index contributed by atoms with van der Waals surface area (Å²) < 4.78 is 0. The molecular weight excluding hydrogens is 244 g/mol. The quantitative estimate of drug-likeness (QED) is 0.896. The first kappa shape index (κ1) is 14.1. The predicted molar refractivity (Wildman–Crippen MR) is 83.7 cm³/mol. The van der Waals surface area contributed by atoms with Gasteiger partial charge in [0.05, 0.1) is 0 Å². The van der Waals surface area contributed by atoms with Gasteiger partial charge in [0, 0.05) is 23.3 Å². The van der Waals surface area contributed by atoms with Gasteiger partial charge in [-0.05, 0) is 62.5 Å². The fourth-order valence-electron chi connectivity index (χ4n) is 4.43. The van der Waals surface area contributed by atoms with Crippen molar-refractivity contribution in [3.63, 3.8) is 0 Å². The molecule has 110 valence electrons. The molecule has 2 N–H and O–H groups in total. The standard InChI is InChI=1S/C18H28N2/c1-2-5-14-9-11-18(19,12-10-14)16-8-3-6-15-7-4-13-20-17(15)16/h4,7,13-14,16H,2-3,5-6,8-12,19H2,1H3. The maximum absolute atomic E-state index is 6.87. The number of pyridine rings is 1. The number of nitrogens with two attached hydrogens (primary N) is 1. The molecule has 1 aromatic rings. The van der Waals surface area contributed by atoms with Crippen LogP contribution < -0.4 is 5.73 Å². The van der Waals surface area contributed by atoms with Crippen LogP contribution in [0, 0.1) is 5.92 Å². The molecule has 2 aliphatic carbocycles. The van der Waals surface area contributed by atoms with Crippen molar-refractivity contribution in [2.45, 2.75) is 76.2 Å². The largest absolute Gasteiger partial charge is 0.324 e. The molecule has 2 heteroatoms. The van der Waals surface area contributed by atoms with Crippen LogP contribution in [0.2, 0.25) is 0 Å². The number of rotatable bonds is 3. The summed E-state index contributed by atoms with van der Waals surface area (Å²) in [6.07, 6.45) is 13.4. The van der Waals surface area contributed by atoms with Crippen LogP contribution in [-0.2, 0) is 6.42 Å². The summed E-state index contributed by atoms with van der Waals surface area (Å²) >= 11 is 0. The number of aromatic nitrogens is 1. The van der Waals surface area contributed by atoms with Gasteiger partial charge in [-0.2, -0.15) is 0 Å². The zero-order chi connectivity index (χ0) is 14.0. The van der Waals surface area contributed by atoms with Gasteiger partial charge < -0.3 is 5.73 Å².